The van der Waals surface area contributed by atoms with Gasteiger partial charge in [-0.25, -0.2) is 10.2 Å². The number of aromatic nitrogens is 2. The maximum Gasteiger partial charge on any atom is 0.407 e. The average Bonchev–Trinajstić information content (AvgIpc) is 2.73. The number of nitrogens with one attached hydrogen (secondary N) is 2. The van der Waals surface area contributed by atoms with Gasteiger partial charge in [0.1, 0.15) is 5.60 Å². The van der Waals surface area contributed by atoms with Crippen LogP contribution in [0.2, 0.25) is 0 Å². The van der Waals surface area contributed by atoms with Crippen LogP contribution < -0.4 is 16.3 Å². The van der Waals surface area contributed by atoms with Crippen molar-refractivity contribution in [3.8, 4) is 0 Å². The molecule has 1 heterocycles. The zero-order valence-corrected chi connectivity index (χ0v) is 20.1. The highest BCUT2D eigenvalue weighted by Gasteiger charge is 2.54. The summed E-state index contributed by atoms with van der Waals surface area (Å²) in [5, 5.41) is 8.09. The summed E-state index contributed by atoms with van der Waals surface area (Å²) in [6.07, 6.45) is 3.22. The molecule has 0 radical (unpaired) electrons. The first-order valence-electron chi connectivity index (χ1n) is 11.7. The molecule has 3 saturated carbocycles. The number of alkyl carbamates (subject to hydrolysis) is 1. The second kappa shape index (κ2) is 8.47. The SMILES string of the molecule is CC(C)(C)OC(=O)NCc1nn(NC(=O)C[C@@H]2CC[C@H]3C[C@@H]2C3(C)C)c(=O)c2ccccc12. The van der Waals surface area contributed by atoms with Gasteiger partial charge in [-0.2, -0.15) is 5.10 Å². The molecule has 3 fully saturated rings. The van der Waals surface area contributed by atoms with Crippen molar-refractivity contribution < 1.29 is 14.3 Å². The van der Waals surface area contributed by atoms with Gasteiger partial charge in [-0.15, -0.1) is 4.79 Å². The van der Waals surface area contributed by atoms with Gasteiger partial charge in [0.25, 0.3) is 5.56 Å². The Bertz CT molecular complexity index is 1130. The number of amides is 2. The van der Waals surface area contributed by atoms with Gasteiger partial charge in [-0.1, -0.05) is 32.0 Å². The maximum absolute atomic E-state index is 13.0. The quantitative estimate of drug-likeness (QED) is 0.712. The molecule has 5 rings (SSSR count). The van der Waals surface area contributed by atoms with Crippen molar-refractivity contribution in [2.45, 2.75) is 72.4 Å². The zero-order valence-electron chi connectivity index (χ0n) is 20.1. The Morgan fingerprint density at radius 1 is 1.18 bits per heavy atom. The van der Waals surface area contributed by atoms with E-state index in [9.17, 15) is 14.4 Å². The van der Waals surface area contributed by atoms with E-state index in [-0.39, 0.29) is 12.5 Å². The molecule has 2 N–H and O–H groups in total. The molecule has 3 aliphatic carbocycles. The number of carbonyl (C=O) groups is 2. The Labute approximate surface area is 194 Å². The van der Waals surface area contributed by atoms with Crippen LogP contribution >= 0.6 is 0 Å². The van der Waals surface area contributed by atoms with Gasteiger partial charge in [0.15, 0.2) is 0 Å². The molecule has 0 saturated heterocycles. The van der Waals surface area contributed by atoms with Crippen LogP contribution in [0.3, 0.4) is 0 Å². The Kier molecular flexibility index (Phi) is 5.97. The fraction of sp³-hybridized carbons (Fsp3) is 0.600. The predicted octanol–water partition coefficient (Wildman–Crippen LogP) is 3.95. The fourth-order valence-corrected chi connectivity index (χ4v) is 5.54. The average molecular weight is 455 g/mol. The summed E-state index contributed by atoms with van der Waals surface area (Å²) in [5.74, 6) is 1.44. The predicted molar refractivity (Wildman–Crippen MR) is 126 cm³/mol. The Morgan fingerprint density at radius 2 is 1.88 bits per heavy atom. The molecule has 3 aliphatic rings. The number of ether oxygens (including phenoxy) is 1. The second-order valence-electron chi connectivity index (χ2n) is 11.0. The summed E-state index contributed by atoms with van der Waals surface area (Å²) in [6.45, 7) is 10.0. The van der Waals surface area contributed by atoms with E-state index in [4.69, 9.17) is 4.74 Å². The largest absolute Gasteiger partial charge is 0.444 e. The van der Waals surface area contributed by atoms with E-state index in [1.165, 1.54) is 6.42 Å². The summed E-state index contributed by atoms with van der Waals surface area (Å²) in [6, 6.07) is 7.04. The minimum atomic E-state index is -0.625. The lowest BCUT2D eigenvalue weighted by Gasteiger charge is -2.60. The highest BCUT2D eigenvalue weighted by Crippen LogP contribution is 2.61. The standard InChI is InChI=1S/C25H34N4O4/c1-24(2,3)33-23(32)26-14-20-17-8-6-7-9-18(17)22(31)29(27-20)28-21(30)12-15-10-11-16-13-19(15)25(16,4)5/h6-9,15-16,19H,10-14H2,1-5H3,(H,26,32)(H,28,30)/t15-,16-,19-/m0/s1. The van der Waals surface area contributed by atoms with E-state index in [0.717, 1.165) is 23.6 Å². The van der Waals surface area contributed by atoms with Crippen LogP contribution in [-0.2, 0) is 16.1 Å². The number of nitrogens with zero attached hydrogens (tertiary/aromatic N) is 2. The third kappa shape index (κ3) is 4.75. The van der Waals surface area contributed by atoms with Crippen molar-refractivity contribution in [2.75, 3.05) is 5.43 Å². The molecule has 178 valence electrons. The summed E-state index contributed by atoms with van der Waals surface area (Å²) in [4.78, 5) is 39.0. The molecule has 33 heavy (non-hydrogen) atoms. The first kappa shape index (κ1) is 23.3. The smallest absolute Gasteiger partial charge is 0.407 e. The highest BCUT2D eigenvalue weighted by molar-refractivity contribution is 5.86. The molecule has 2 amide bonds. The van der Waals surface area contributed by atoms with Gasteiger partial charge < -0.3 is 10.1 Å². The number of carbonyl (C=O) groups excluding carboxylic acids is 2. The lowest BCUT2D eigenvalue weighted by molar-refractivity contribution is -0.129. The van der Waals surface area contributed by atoms with E-state index in [2.05, 4.69) is 29.7 Å². The molecule has 3 atom stereocenters. The van der Waals surface area contributed by atoms with Crippen LogP contribution in [0.25, 0.3) is 10.8 Å². The third-order valence-corrected chi connectivity index (χ3v) is 7.36. The minimum Gasteiger partial charge on any atom is -0.444 e. The number of hydrogen-bond donors (Lipinski definition) is 2. The summed E-state index contributed by atoms with van der Waals surface area (Å²) in [5.41, 5.74) is 2.43. The van der Waals surface area contributed by atoms with Crippen molar-refractivity contribution >= 4 is 22.8 Å². The number of hydrogen-bond acceptors (Lipinski definition) is 5. The van der Waals surface area contributed by atoms with Crippen molar-refractivity contribution in [1.82, 2.24) is 15.2 Å². The Morgan fingerprint density at radius 3 is 2.52 bits per heavy atom. The van der Waals surface area contributed by atoms with E-state index in [1.807, 2.05) is 0 Å². The second-order valence-corrected chi connectivity index (χ2v) is 11.0. The molecule has 8 heteroatoms. The highest BCUT2D eigenvalue weighted by atomic mass is 16.6. The van der Waals surface area contributed by atoms with E-state index in [1.54, 1.807) is 45.0 Å². The summed E-state index contributed by atoms with van der Waals surface area (Å²) in [7, 11) is 0. The summed E-state index contributed by atoms with van der Waals surface area (Å²) >= 11 is 0. The zero-order chi connectivity index (χ0) is 24.0. The molecule has 1 aromatic heterocycles. The molecule has 0 unspecified atom stereocenters. The molecule has 8 nitrogen and oxygen atoms in total. The van der Waals surface area contributed by atoms with Gasteiger partial charge in [0, 0.05) is 11.8 Å². The van der Waals surface area contributed by atoms with Crippen LogP contribution in [0, 0.1) is 23.2 Å². The maximum atomic E-state index is 13.0. The van der Waals surface area contributed by atoms with Gasteiger partial charge in [-0.3, -0.25) is 9.59 Å². The molecule has 1 aromatic carbocycles. The Balaban J connectivity index is 1.51. The number of fused-ring (bicyclic) bond motifs is 3. The molecule has 0 spiro atoms. The minimum absolute atomic E-state index is 0.0614. The monoisotopic (exact) mass is 454 g/mol. The first-order valence-corrected chi connectivity index (χ1v) is 11.7. The van der Waals surface area contributed by atoms with Crippen LogP contribution in [-0.4, -0.2) is 27.5 Å². The van der Waals surface area contributed by atoms with Crippen LogP contribution in [0.4, 0.5) is 4.79 Å². The van der Waals surface area contributed by atoms with Crippen molar-refractivity contribution in [1.29, 1.82) is 0 Å². The number of rotatable bonds is 5. The van der Waals surface area contributed by atoms with Crippen LogP contribution in [0.1, 0.15) is 66.0 Å². The fourth-order valence-electron chi connectivity index (χ4n) is 5.54. The van der Waals surface area contributed by atoms with E-state index < -0.39 is 17.3 Å². The lowest BCUT2D eigenvalue weighted by atomic mass is 9.45. The number of benzene rings is 1. The molecule has 2 bridgehead atoms. The van der Waals surface area contributed by atoms with Crippen molar-refractivity contribution in [3.63, 3.8) is 0 Å². The van der Waals surface area contributed by atoms with Gasteiger partial charge in [0.2, 0.25) is 5.91 Å². The molecular weight excluding hydrogens is 420 g/mol. The topological polar surface area (TPSA) is 102 Å². The molecule has 0 aliphatic heterocycles. The molecular formula is C25H34N4O4. The lowest BCUT2D eigenvalue weighted by Crippen LogP contribution is -2.53. The molecule has 2 aromatic rings. The van der Waals surface area contributed by atoms with Gasteiger partial charge in [0.05, 0.1) is 17.6 Å². The van der Waals surface area contributed by atoms with E-state index in [0.29, 0.717) is 40.1 Å². The van der Waals surface area contributed by atoms with E-state index >= 15 is 0 Å². The van der Waals surface area contributed by atoms with Gasteiger partial charge in [-0.05, 0) is 69.3 Å². The normalized spacial score (nSPS) is 23.5. The van der Waals surface area contributed by atoms with Gasteiger partial charge >= 0.3 is 6.09 Å². The summed E-state index contributed by atoms with van der Waals surface area (Å²) < 4.78 is 5.29. The third-order valence-electron chi connectivity index (χ3n) is 7.36. The van der Waals surface area contributed by atoms with Crippen LogP contribution in [0.5, 0.6) is 0 Å². The Hall–Kier alpha value is -2.90. The van der Waals surface area contributed by atoms with Crippen molar-refractivity contribution in [2.24, 2.45) is 23.2 Å². The van der Waals surface area contributed by atoms with Crippen LogP contribution in [0.15, 0.2) is 29.1 Å². The van der Waals surface area contributed by atoms with Crippen molar-refractivity contribution in [3.05, 3.63) is 40.3 Å². The first-order chi connectivity index (χ1) is 15.5.